The van der Waals surface area contributed by atoms with E-state index in [1.807, 2.05) is 55.6 Å². The molecular formula is C19H22N6O. The maximum absolute atomic E-state index is 11.9. The second-order valence-electron chi connectivity index (χ2n) is 5.87. The fourth-order valence-electron chi connectivity index (χ4n) is 2.55. The van der Waals surface area contributed by atoms with Crippen LogP contribution in [-0.2, 0) is 11.2 Å². The highest BCUT2D eigenvalue weighted by atomic mass is 16.1. The molecule has 2 heterocycles. The predicted molar refractivity (Wildman–Crippen MR) is 100 cm³/mol. The van der Waals surface area contributed by atoms with E-state index in [4.69, 9.17) is 0 Å². The van der Waals surface area contributed by atoms with Crippen molar-refractivity contribution >= 4 is 11.7 Å². The molecule has 0 bridgehead atoms. The third-order valence-electron chi connectivity index (χ3n) is 3.80. The average molecular weight is 350 g/mol. The Labute approximate surface area is 152 Å². The van der Waals surface area contributed by atoms with Crippen molar-refractivity contribution in [3.05, 3.63) is 66.2 Å². The molecule has 0 unspecified atom stereocenters. The van der Waals surface area contributed by atoms with Crippen LogP contribution in [0.15, 0.2) is 54.9 Å². The van der Waals surface area contributed by atoms with Crippen molar-refractivity contribution in [3.63, 3.8) is 0 Å². The third-order valence-corrected chi connectivity index (χ3v) is 3.80. The molecule has 0 atom stereocenters. The Kier molecular flexibility index (Phi) is 5.92. The zero-order valence-electron chi connectivity index (χ0n) is 14.7. The van der Waals surface area contributed by atoms with Gasteiger partial charge in [-0.15, -0.1) is 0 Å². The number of carbonyl (C=O) groups is 1. The molecule has 0 fully saturated rings. The molecule has 3 aromatic rings. The molecule has 0 spiro atoms. The normalized spacial score (nSPS) is 10.5. The summed E-state index contributed by atoms with van der Waals surface area (Å²) in [5.41, 5.74) is 1.17. The molecule has 2 aromatic heterocycles. The van der Waals surface area contributed by atoms with Gasteiger partial charge in [0.25, 0.3) is 0 Å². The van der Waals surface area contributed by atoms with Crippen molar-refractivity contribution < 1.29 is 4.79 Å². The standard InChI is InChI=1S/C19H22N6O/c1-15-23-17(14-18(24-15)25-13-5-10-22-25)20-11-12-21-19(26)9-8-16-6-3-2-4-7-16/h2-7,10,13-14H,8-9,11-12H2,1H3,(H,21,26)(H,20,23,24). The number of rotatable bonds is 8. The van der Waals surface area contributed by atoms with E-state index in [2.05, 4.69) is 25.7 Å². The SMILES string of the molecule is Cc1nc(NCCNC(=O)CCc2ccccc2)cc(-n2cccn2)n1. The number of hydrogen-bond donors (Lipinski definition) is 2. The first-order valence-electron chi connectivity index (χ1n) is 8.61. The summed E-state index contributed by atoms with van der Waals surface area (Å²) in [6.45, 7) is 2.96. The van der Waals surface area contributed by atoms with E-state index in [9.17, 15) is 4.79 Å². The lowest BCUT2D eigenvalue weighted by atomic mass is 10.1. The van der Waals surface area contributed by atoms with E-state index in [-0.39, 0.29) is 5.91 Å². The first kappa shape index (κ1) is 17.6. The number of hydrogen-bond acceptors (Lipinski definition) is 5. The van der Waals surface area contributed by atoms with Crippen molar-refractivity contribution in [3.8, 4) is 5.82 Å². The lowest BCUT2D eigenvalue weighted by Crippen LogP contribution is -2.29. The lowest BCUT2D eigenvalue weighted by Gasteiger charge is -2.09. The van der Waals surface area contributed by atoms with Gasteiger partial charge in [-0.05, 0) is 25.0 Å². The van der Waals surface area contributed by atoms with Crippen LogP contribution in [0.2, 0.25) is 0 Å². The molecule has 0 saturated heterocycles. The van der Waals surface area contributed by atoms with Gasteiger partial charge in [-0.3, -0.25) is 4.79 Å². The Hall–Kier alpha value is -3.22. The van der Waals surface area contributed by atoms with Crippen molar-refractivity contribution in [1.82, 2.24) is 25.1 Å². The van der Waals surface area contributed by atoms with Gasteiger partial charge in [0.05, 0.1) is 0 Å². The molecule has 134 valence electrons. The number of aromatic nitrogens is 4. The molecule has 0 saturated carbocycles. The Balaban J connectivity index is 1.43. The summed E-state index contributed by atoms with van der Waals surface area (Å²) >= 11 is 0. The minimum atomic E-state index is 0.0479. The molecule has 1 aromatic carbocycles. The second-order valence-corrected chi connectivity index (χ2v) is 5.87. The van der Waals surface area contributed by atoms with E-state index in [1.165, 1.54) is 5.56 Å². The van der Waals surface area contributed by atoms with Gasteiger partial charge in [0.15, 0.2) is 5.82 Å². The summed E-state index contributed by atoms with van der Waals surface area (Å²) in [5, 5.41) is 10.3. The lowest BCUT2D eigenvalue weighted by molar-refractivity contribution is -0.120. The van der Waals surface area contributed by atoms with Crippen LogP contribution < -0.4 is 10.6 Å². The van der Waals surface area contributed by atoms with Gasteiger partial charge in [0.2, 0.25) is 5.91 Å². The molecule has 7 nitrogen and oxygen atoms in total. The molecular weight excluding hydrogens is 328 g/mol. The highest BCUT2D eigenvalue weighted by molar-refractivity contribution is 5.76. The van der Waals surface area contributed by atoms with E-state index in [0.717, 1.165) is 6.42 Å². The van der Waals surface area contributed by atoms with E-state index >= 15 is 0 Å². The summed E-state index contributed by atoms with van der Waals surface area (Å²) in [6.07, 6.45) is 4.77. The zero-order chi connectivity index (χ0) is 18.2. The van der Waals surface area contributed by atoms with Gasteiger partial charge < -0.3 is 10.6 Å². The van der Waals surface area contributed by atoms with Crippen molar-refractivity contribution in [1.29, 1.82) is 0 Å². The van der Waals surface area contributed by atoms with Crippen LogP contribution in [0.4, 0.5) is 5.82 Å². The van der Waals surface area contributed by atoms with Gasteiger partial charge in [-0.2, -0.15) is 5.10 Å². The van der Waals surface area contributed by atoms with E-state index < -0.39 is 0 Å². The monoisotopic (exact) mass is 350 g/mol. The summed E-state index contributed by atoms with van der Waals surface area (Å²) in [4.78, 5) is 20.6. The molecule has 0 radical (unpaired) electrons. The maximum Gasteiger partial charge on any atom is 0.220 e. The van der Waals surface area contributed by atoms with Gasteiger partial charge in [0, 0.05) is 38.0 Å². The Morgan fingerprint density at radius 1 is 1.12 bits per heavy atom. The summed E-state index contributed by atoms with van der Waals surface area (Å²) < 4.78 is 1.69. The number of benzene rings is 1. The minimum absolute atomic E-state index is 0.0479. The molecule has 3 rings (SSSR count). The number of anilines is 1. The van der Waals surface area contributed by atoms with Crippen LogP contribution in [0, 0.1) is 6.92 Å². The summed E-state index contributed by atoms with van der Waals surface area (Å²) in [5.74, 6) is 2.12. The molecule has 0 aliphatic carbocycles. The zero-order valence-corrected chi connectivity index (χ0v) is 14.7. The molecule has 0 aliphatic rings. The Bertz CT molecular complexity index is 833. The third kappa shape index (κ3) is 5.14. The average Bonchev–Trinajstić information content (AvgIpc) is 3.19. The van der Waals surface area contributed by atoms with Gasteiger partial charge in [0.1, 0.15) is 11.6 Å². The number of nitrogens with one attached hydrogen (secondary N) is 2. The fraction of sp³-hybridized carbons (Fsp3) is 0.263. The number of aryl methyl sites for hydroxylation is 2. The largest absolute Gasteiger partial charge is 0.368 e. The van der Waals surface area contributed by atoms with Crippen LogP contribution in [0.3, 0.4) is 0 Å². The van der Waals surface area contributed by atoms with Crippen LogP contribution in [0.25, 0.3) is 5.82 Å². The van der Waals surface area contributed by atoms with Crippen molar-refractivity contribution in [2.75, 3.05) is 18.4 Å². The van der Waals surface area contributed by atoms with Gasteiger partial charge in [-0.1, -0.05) is 30.3 Å². The molecule has 26 heavy (non-hydrogen) atoms. The molecule has 0 aliphatic heterocycles. The number of nitrogens with zero attached hydrogens (tertiary/aromatic N) is 4. The summed E-state index contributed by atoms with van der Waals surface area (Å²) in [7, 11) is 0. The van der Waals surface area contributed by atoms with Gasteiger partial charge in [-0.25, -0.2) is 14.6 Å². The molecule has 2 N–H and O–H groups in total. The van der Waals surface area contributed by atoms with E-state index in [1.54, 1.807) is 10.9 Å². The Morgan fingerprint density at radius 3 is 2.73 bits per heavy atom. The topological polar surface area (TPSA) is 84.7 Å². The minimum Gasteiger partial charge on any atom is -0.368 e. The van der Waals surface area contributed by atoms with Crippen LogP contribution in [-0.4, -0.2) is 38.7 Å². The first-order valence-corrected chi connectivity index (χ1v) is 8.61. The number of amides is 1. The maximum atomic E-state index is 11.9. The highest BCUT2D eigenvalue weighted by Crippen LogP contribution is 2.09. The Morgan fingerprint density at radius 2 is 1.96 bits per heavy atom. The van der Waals surface area contributed by atoms with Gasteiger partial charge >= 0.3 is 0 Å². The highest BCUT2D eigenvalue weighted by Gasteiger charge is 2.05. The summed E-state index contributed by atoms with van der Waals surface area (Å²) in [6, 6.07) is 13.7. The smallest absolute Gasteiger partial charge is 0.220 e. The second kappa shape index (κ2) is 8.75. The van der Waals surface area contributed by atoms with Crippen LogP contribution >= 0.6 is 0 Å². The number of carbonyl (C=O) groups excluding carboxylic acids is 1. The van der Waals surface area contributed by atoms with E-state index in [0.29, 0.717) is 37.0 Å². The molecule has 7 heteroatoms. The molecule has 1 amide bonds. The van der Waals surface area contributed by atoms with Crippen molar-refractivity contribution in [2.24, 2.45) is 0 Å². The fourth-order valence-corrected chi connectivity index (χ4v) is 2.55. The van der Waals surface area contributed by atoms with Crippen LogP contribution in [0.5, 0.6) is 0 Å². The first-order chi connectivity index (χ1) is 12.7. The predicted octanol–water partition coefficient (Wildman–Crippen LogP) is 2.13. The van der Waals surface area contributed by atoms with Crippen molar-refractivity contribution in [2.45, 2.75) is 19.8 Å². The van der Waals surface area contributed by atoms with Crippen LogP contribution in [0.1, 0.15) is 17.8 Å². The quantitative estimate of drug-likeness (QED) is 0.608.